The number of aromatic nitrogens is 5. The molecule has 3 aromatic rings. The van der Waals surface area contributed by atoms with Gasteiger partial charge >= 0.3 is 0 Å². The molecule has 0 N–H and O–H groups in total. The van der Waals surface area contributed by atoms with Crippen LogP contribution in [0.15, 0.2) is 36.9 Å². The molecule has 1 aromatic carbocycles. The van der Waals surface area contributed by atoms with Crippen molar-refractivity contribution in [3.05, 3.63) is 48.6 Å². The molecule has 130 valence electrons. The quantitative estimate of drug-likeness (QED) is 0.676. The lowest BCUT2D eigenvalue weighted by Gasteiger charge is -2.14. The number of hydrogen-bond acceptors (Lipinski definition) is 6. The fraction of sp³-hybridized carbons (Fsp3) is 0.353. The van der Waals surface area contributed by atoms with E-state index < -0.39 is 0 Å². The van der Waals surface area contributed by atoms with Crippen LogP contribution >= 0.6 is 11.8 Å². The maximum absolute atomic E-state index is 5.50. The van der Waals surface area contributed by atoms with Crippen molar-refractivity contribution in [3.8, 4) is 17.2 Å². The van der Waals surface area contributed by atoms with Crippen molar-refractivity contribution in [2.24, 2.45) is 0 Å². The summed E-state index contributed by atoms with van der Waals surface area (Å²) in [7, 11) is 0. The Balaban J connectivity index is 1.75. The molecule has 0 unspecified atom stereocenters. The molecule has 0 aliphatic carbocycles. The Bertz CT molecular complexity index is 862. The molecule has 3 heterocycles. The second-order valence-corrected chi connectivity index (χ2v) is 6.75. The van der Waals surface area contributed by atoms with E-state index in [1.54, 1.807) is 24.3 Å². The molecule has 0 saturated heterocycles. The first-order valence-electron chi connectivity index (χ1n) is 8.08. The fourth-order valence-electron chi connectivity index (χ4n) is 2.78. The van der Waals surface area contributed by atoms with Crippen LogP contribution in [0.4, 0.5) is 0 Å². The molecular formula is C17H19N5O2S. The highest BCUT2D eigenvalue weighted by Gasteiger charge is 2.21. The average Bonchev–Trinajstić information content (AvgIpc) is 3.38. The number of benzene rings is 1. The third kappa shape index (κ3) is 3.09. The number of thioether (sulfide) groups is 1. The van der Waals surface area contributed by atoms with E-state index >= 15 is 0 Å². The SMILES string of the molecule is CSCCc1nc([C@H](C)n2ccnc2)n(-c2ccc3c(c2)OCO3)n1. The third-order valence-electron chi connectivity index (χ3n) is 4.15. The molecule has 4 rings (SSSR count). The zero-order valence-electron chi connectivity index (χ0n) is 14.1. The second kappa shape index (κ2) is 6.79. The Hall–Kier alpha value is -2.48. The van der Waals surface area contributed by atoms with E-state index in [1.165, 1.54) is 0 Å². The van der Waals surface area contributed by atoms with Gasteiger partial charge in [-0.3, -0.25) is 0 Å². The monoisotopic (exact) mass is 357 g/mol. The van der Waals surface area contributed by atoms with Gasteiger partial charge in [-0.05, 0) is 25.3 Å². The topological polar surface area (TPSA) is 67.0 Å². The molecule has 25 heavy (non-hydrogen) atoms. The highest BCUT2D eigenvalue weighted by atomic mass is 32.2. The molecule has 0 fully saturated rings. The Labute approximate surface area is 150 Å². The minimum absolute atomic E-state index is 0.0171. The van der Waals surface area contributed by atoms with Crippen LogP contribution in [0.2, 0.25) is 0 Å². The Morgan fingerprint density at radius 3 is 2.96 bits per heavy atom. The van der Waals surface area contributed by atoms with Crippen LogP contribution in [0.1, 0.15) is 24.6 Å². The summed E-state index contributed by atoms with van der Waals surface area (Å²) in [5.41, 5.74) is 0.911. The summed E-state index contributed by atoms with van der Waals surface area (Å²) in [5.74, 6) is 4.20. The summed E-state index contributed by atoms with van der Waals surface area (Å²) in [6.45, 7) is 2.35. The predicted molar refractivity (Wildman–Crippen MR) is 95.6 cm³/mol. The molecule has 1 aliphatic heterocycles. The van der Waals surface area contributed by atoms with Crippen molar-refractivity contribution in [3.63, 3.8) is 0 Å². The van der Waals surface area contributed by atoms with Crippen LogP contribution in [0.25, 0.3) is 5.69 Å². The summed E-state index contributed by atoms with van der Waals surface area (Å²) in [6.07, 6.45) is 8.43. The van der Waals surface area contributed by atoms with Crippen molar-refractivity contribution in [1.29, 1.82) is 0 Å². The standard InChI is InChI=1S/C17H19N5O2S/c1-12(21-7-6-18-10-21)17-19-16(5-8-25-2)20-22(17)13-3-4-14-15(9-13)24-11-23-14/h3-4,6-7,9-10,12H,5,8,11H2,1-2H3/t12-/m0/s1. The summed E-state index contributed by atoms with van der Waals surface area (Å²) in [5, 5.41) is 4.74. The minimum Gasteiger partial charge on any atom is -0.454 e. The first-order chi connectivity index (χ1) is 12.3. The molecule has 1 atom stereocenters. The van der Waals surface area contributed by atoms with Crippen molar-refractivity contribution < 1.29 is 9.47 Å². The van der Waals surface area contributed by atoms with Crippen LogP contribution in [0.3, 0.4) is 0 Å². The molecule has 1 aliphatic rings. The van der Waals surface area contributed by atoms with Gasteiger partial charge in [0.15, 0.2) is 23.1 Å². The Morgan fingerprint density at radius 2 is 2.16 bits per heavy atom. The number of hydrogen-bond donors (Lipinski definition) is 0. The third-order valence-corrected chi connectivity index (χ3v) is 4.76. The molecule has 2 aromatic heterocycles. The van der Waals surface area contributed by atoms with Crippen molar-refractivity contribution >= 4 is 11.8 Å². The molecule has 0 saturated carbocycles. The molecule has 0 radical (unpaired) electrons. The van der Waals surface area contributed by atoms with E-state index in [9.17, 15) is 0 Å². The van der Waals surface area contributed by atoms with Gasteiger partial charge < -0.3 is 14.0 Å². The first-order valence-corrected chi connectivity index (χ1v) is 9.48. The number of imidazole rings is 1. The zero-order chi connectivity index (χ0) is 17.2. The number of ether oxygens (including phenoxy) is 2. The van der Waals surface area contributed by atoms with Gasteiger partial charge in [0.05, 0.1) is 18.1 Å². The van der Waals surface area contributed by atoms with Crippen LogP contribution in [-0.2, 0) is 6.42 Å². The van der Waals surface area contributed by atoms with Gasteiger partial charge in [-0.15, -0.1) is 0 Å². The second-order valence-electron chi connectivity index (χ2n) is 5.76. The van der Waals surface area contributed by atoms with E-state index in [0.717, 1.165) is 41.0 Å². The summed E-state index contributed by atoms with van der Waals surface area (Å²) < 4.78 is 14.8. The smallest absolute Gasteiger partial charge is 0.231 e. The van der Waals surface area contributed by atoms with Crippen LogP contribution in [0, 0.1) is 0 Å². The normalized spacial score (nSPS) is 14.0. The summed E-state index contributed by atoms with van der Waals surface area (Å²) in [6, 6.07) is 5.85. The lowest BCUT2D eigenvalue weighted by molar-refractivity contribution is 0.174. The lowest BCUT2D eigenvalue weighted by Crippen LogP contribution is -2.12. The van der Waals surface area contributed by atoms with Crippen LogP contribution in [0.5, 0.6) is 11.5 Å². The van der Waals surface area contributed by atoms with E-state index in [2.05, 4.69) is 18.2 Å². The fourth-order valence-corrected chi connectivity index (χ4v) is 3.16. The number of rotatable bonds is 6. The highest BCUT2D eigenvalue weighted by molar-refractivity contribution is 7.98. The molecule has 0 amide bonds. The summed E-state index contributed by atoms with van der Waals surface area (Å²) in [4.78, 5) is 8.93. The van der Waals surface area contributed by atoms with Gasteiger partial charge in [0, 0.05) is 30.6 Å². The maximum Gasteiger partial charge on any atom is 0.231 e. The highest BCUT2D eigenvalue weighted by Crippen LogP contribution is 2.34. The van der Waals surface area contributed by atoms with Gasteiger partial charge in [0.2, 0.25) is 6.79 Å². The van der Waals surface area contributed by atoms with Gasteiger partial charge in [0.1, 0.15) is 0 Å². The molecule has 7 nitrogen and oxygen atoms in total. The Kier molecular flexibility index (Phi) is 4.35. The number of nitrogens with zero attached hydrogens (tertiary/aromatic N) is 5. The predicted octanol–water partition coefficient (Wildman–Crippen LogP) is 2.71. The maximum atomic E-state index is 5.50. The van der Waals surface area contributed by atoms with Crippen LogP contribution in [-0.4, -0.2) is 43.1 Å². The number of fused-ring (bicyclic) bond motifs is 1. The largest absolute Gasteiger partial charge is 0.454 e. The van der Waals surface area contributed by atoms with E-state index in [-0.39, 0.29) is 12.8 Å². The molecular weight excluding hydrogens is 338 g/mol. The number of aryl methyl sites for hydroxylation is 1. The Morgan fingerprint density at radius 1 is 1.28 bits per heavy atom. The van der Waals surface area contributed by atoms with E-state index in [1.807, 2.05) is 33.6 Å². The minimum atomic E-state index is 0.0171. The summed E-state index contributed by atoms with van der Waals surface area (Å²) >= 11 is 1.79. The van der Waals surface area contributed by atoms with Gasteiger partial charge in [0.25, 0.3) is 0 Å². The van der Waals surface area contributed by atoms with Gasteiger partial charge in [-0.1, -0.05) is 0 Å². The molecule has 0 spiro atoms. The average molecular weight is 357 g/mol. The van der Waals surface area contributed by atoms with Gasteiger partial charge in [-0.2, -0.15) is 16.9 Å². The van der Waals surface area contributed by atoms with Crippen molar-refractivity contribution in [2.45, 2.75) is 19.4 Å². The lowest BCUT2D eigenvalue weighted by atomic mass is 10.2. The van der Waals surface area contributed by atoms with Gasteiger partial charge in [-0.25, -0.2) is 14.6 Å². The van der Waals surface area contributed by atoms with E-state index in [0.29, 0.717) is 0 Å². The molecule has 8 heteroatoms. The van der Waals surface area contributed by atoms with Crippen molar-refractivity contribution in [1.82, 2.24) is 24.3 Å². The van der Waals surface area contributed by atoms with E-state index in [4.69, 9.17) is 19.6 Å². The van der Waals surface area contributed by atoms with Crippen LogP contribution < -0.4 is 9.47 Å². The first kappa shape index (κ1) is 16.0. The zero-order valence-corrected chi connectivity index (χ0v) is 14.9. The molecule has 0 bridgehead atoms. The van der Waals surface area contributed by atoms with Crippen molar-refractivity contribution in [2.75, 3.05) is 18.8 Å².